The van der Waals surface area contributed by atoms with Crippen molar-refractivity contribution in [3.8, 4) is 0 Å². The van der Waals surface area contributed by atoms with Crippen molar-refractivity contribution in [1.29, 1.82) is 0 Å². The van der Waals surface area contributed by atoms with Gasteiger partial charge < -0.3 is 5.73 Å². The first-order valence-corrected chi connectivity index (χ1v) is 8.40. The van der Waals surface area contributed by atoms with Gasteiger partial charge in [-0.15, -0.1) is 0 Å². The standard InChI is InChI=1S/C16H20N2O2S/c1-2-14-7-3-4-8-15(14)12-18-21(19,20)16-9-5-6-13(10-16)11-17/h3-10,18H,2,11-12,17H2,1H3. The highest BCUT2D eigenvalue weighted by molar-refractivity contribution is 7.89. The molecule has 5 heteroatoms. The van der Waals surface area contributed by atoms with Gasteiger partial charge in [0.25, 0.3) is 0 Å². The summed E-state index contributed by atoms with van der Waals surface area (Å²) < 4.78 is 27.3. The maximum atomic E-state index is 12.3. The van der Waals surface area contributed by atoms with Crippen LogP contribution in [-0.4, -0.2) is 8.42 Å². The first-order chi connectivity index (χ1) is 10.1. The summed E-state index contributed by atoms with van der Waals surface area (Å²) in [6.07, 6.45) is 0.876. The van der Waals surface area contributed by atoms with Crippen molar-refractivity contribution < 1.29 is 8.42 Å². The fourth-order valence-electron chi connectivity index (χ4n) is 2.17. The van der Waals surface area contributed by atoms with Crippen LogP contribution < -0.4 is 10.5 Å². The zero-order valence-corrected chi connectivity index (χ0v) is 12.9. The fourth-order valence-corrected chi connectivity index (χ4v) is 3.25. The van der Waals surface area contributed by atoms with Crippen molar-refractivity contribution in [3.63, 3.8) is 0 Å². The van der Waals surface area contributed by atoms with Crippen molar-refractivity contribution in [3.05, 3.63) is 65.2 Å². The number of hydrogen-bond donors (Lipinski definition) is 2. The van der Waals surface area contributed by atoms with Crippen LogP contribution in [0.1, 0.15) is 23.6 Å². The first-order valence-electron chi connectivity index (χ1n) is 6.92. The van der Waals surface area contributed by atoms with E-state index in [9.17, 15) is 8.42 Å². The van der Waals surface area contributed by atoms with Gasteiger partial charge in [0.15, 0.2) is 0 Å². The zero-order chi connectivity index (χ0) is 15.3. The Morgan fingerprint density at radius 1 is 1.05 bits per heavy atom. The molecule has 3 N–H and O–H groups in total. The molecule has 112 valence electrons. The van der Waals surface area contributed by atoms with Crippen molar-refractivity contribution in [2.75, 3.05) is 0 Å². The zero-order valence-electron chi connectivity index (χ0n) is 12.0. The van der Waals surface area contributed by atoms with E-state index in [2.05, 4.69) is 11.6 Å². The third kappa shape index (κ3) is 3.91. The second-order valence-corrected chi connectivity index (χ2v) is 6.57. The molecular formula is C16H20N2O2S. The SMILES string of the molecule is CCc1ccccc1CNS(=O)(=O)c1cccc(CN)c1. The average molecular weight is 304 g/mol. The summed E-state index contributed by atoms with van der Waals surface area (Å²) in [4.78, 5) is 0.249. The smallest absolute Gasteiger partial charge is 0.240 e. The topological polar surface area (TPSA) is 72.2 Å². The van der Waals surface area contributed by atoms with E-state index in [0.717, 1.165) is 23.1 Å². The minimum absolute atomic E-state index is 0.249. The summed E-state index contributed by atoms with van der Waals surface area (Å²) in [5, 5.41) is 0. The van der Waals surface area contributed by atoms with E-state index in [-0.39, 0.29) is 4.90 Å². The van der Waals surface area contributed by atoms with Gasteiger partial charge in [-0.25, -0.2) is 13.1 Å². The lowest BCUT2D eigenvalue weighted by Gasteiger charge is -2.10. The molecule has 0 spiro atoms. The van der Waals surface area contributed by atoms with Gasteiger partial charge in [0, 0.05) is 13.1 Å². The summed E-state index contributed by atoms with van der Waals surface area (Å²) in [7, 11) is -3.52. The van der Waals surface area contributed by atoms with Crippen LogP contribution in [0.4, 0.5) is 0 Å². The first kappa shape index (κ1) is 15.7. The highest BCUT2D eigenvalue weighted by atomic mass is 32.2. The van der Waals surface area contributed by atoms with Crippen molar-refractivity contribution in [2.45, 2.75) is 31.3 Å². The maximum absolute atomic E-state index is 12.3. The lowest BCUT2D eigenvalue weighted by molar-refractivity contribution is 0.581. The number of hydrogen-bond acceptors (Lipinski definition) is 3. The summed E-state index contributed by atoms with van der Waals surface area (Å²) in [5.41, 5.74) is 8.50. The number of sulfonamides is 1. The van der Waals surface area contributed by atoms with Gasteiger partial charge in [-0.2, -0.15) is 0 Å². The van der Waals surface area contributed by atoms with E-state index in [1.54, 1.807) is 18.2 Å². The number of rotatable bonds is 6. The molecule has 2 aromatic rings. The molecule has 0 saturated carbocycles. The van der Waals surface area contributed by atoms with Crippen LogP contribution in [0.15, 0.2) is 53.4 Å². The Labute approximate surface area is 126 Å². The lowest BCUT2D eigenvalue weighted by Crippen LogP contribution is -2.24. The molecule has 0 fully saturated rings. The van der Waals surface area contributed by atoms with E-state index in [1.165, 1.54) is 0 Å². The van der Waals surface area contributed by atoms with E-state index < -0.39 is 10.0 Å². The Morgan fingerprint density at radius 3 is 2.43 bits per heavy atom. The van der Waals surface area contributed by atoms with Gasteiger partial charge in [-0.05, 0) is 35.2 Å². The Morgan fingerprint density at radius 2 is 1.76 bits per heavy atom. The Bertz CT molecular complexity index is 712. The minimum Gasteiger partial charge on any atom is -0.326 e. The number of nitrogens with one attached hydrogen (secondary N) is 1. The van der Waals surface area contributed by atoms with Gasteiger partial charge in [-0.3, -0.25) is 0 Å². The summed E-state index contributed by atoms with van der Waals surface area (Å²) in [6.45, 7) is 2.67. The molecule has 0 aliphatic carbocycles. The number of nitrogens with two attached hydrogens (primary N) is 1. The molecule has 0 aliphatic rings. The molecule has 0 saturated heterocycles. The largest absolute Gasteiger partial charge is 0.326 e. The fraction of sp³-hybridized carbons (Fsp3) is 0.250. The predicted molar refractivity (Wildman–Crippen MR) is 84.2 cm³/mol. The average Bonchev–Trinajstić information content (AvgIpc) is 2.53. The second kappa shape index (κ2) is 6.85. The quantitative estimate of drug-likeness (QED) is 0.859. The Hall–Kier alpha value is -1.69. The van der Waals surface area contributed by atoms with E-state index in [4.69, 9.17) is 5.73 Å². The van der Waals surface area contributed by atoms with Crippen molar-refractivity contribution >= 4 is 10.0 Å². The van der Waals surface area contributed by atoms with E-state index in [0.29, 0.717) is 13.1 Å². The molecule has 0 unspecified atom stereocenters. The normalized spacial score (nSPS) is 11.5. The monoisotopic (exact) mass is 304 g/mol. The van der Waals surface area contributed by atoms with Crippen LogP contribution in [0.2, 0.25) is 0 Å². The van der Waals surface area contributed by atoms with Gasteiger partial charge in [0.2, 0.25) is 10.0 Å². The van der Waals surface area contributed by atoms with Crippen LogP contribution in [0.5, 0.6) is 0 Å². The van der Waals surface area contributed by atoms with Gasteiger partial charge >= 0.3 is 0 Å². The van der Waals surface area contributed by atoms with Crippen LogP contribution in [0.3, 0.4) is 0 Å². The van der Waals surface area contributed by atoms with E-state index >= 15 is 0 Å². The molecule has 0 radical (unpaired) electrons. The number of benzene rings is 2. The van der Waals surface area contributed by atoms with Gasteiger partial charge in [0.1, 0.15) is 0 Å². The molecule has 0 aliphatic heterocycles. The van der Waals surface area contributed by atoms with E-state index in [1.807, 2.05) is 30.3 Å². The van der Waals surface area contributed by atoms with Crippen molar-refractivity contribution in [1.82, 2.24) is 4.72 Å². The minimum atomic E-state index is -3.52. The summed E-state index contributed by atoms with van der Waals surface area (Å²) in [5.74, 6) is 0. The third-order valence-electron chi connectivity index (χ3n) is 3.40. The van der Waals surface area contributed by atoms with Crippen LogP contribution in [0, 0.1) is 0 Å². The molecule has 0 aromatic heterocycles. The molecular weight excluding hydrogens is 284 g/mol. The molecule has 2 rings (SSSR count). The molecule has 4 nitrogen and oxygen atoms in total. The van der Waals surface area contributed by atoms with Crippen LogP contribution in [-0.2, 0) is 29.5 Å². The molecule has 0 amide bonds. The Balaban J connectivity index is 2.18. The second-order valence-electron chi connectivity index (χ2n) is 4.80. The highest BCUT2D eigenvalue weighted by Gasteiger charge is 2.14. The summed E-state index contributed by atoms with van der Waals surface area (Å²) >= 11 is 0. The van der Waals surface area contributed by atoms with Crippen LogP contribution >= 0.6 is 0 Å². The maximum Gasteiger partial charge on any atom is 0.240 e. The van der Waals surface area contributed by atoms with Crippen LogP contribution in [0.25, 0.3) is 0 Å². The molecule has 0 heterocycles. The number of aryl methyl sites for hydroxylation is 1. The predicted octanol–water partition coefficient (Wildman–Crippen LogP) is 2.19. The highest BCUT2D eigenvalue weighted by Crippen LogP contribution is 2.14. The molecule has 0 atom stereocenters. The Kier molecular flexibility index (Phi) is 5.12. The third-order valence-corrected chi connectivity index (χ3v) is 4.80. The van der Waals surface area contributed by atoms with Crippen molar-refractivity contribution in [2.24, 2.45) is 5.73 Å². The van der Waals surface area contributed by atoms with Gasteiger partial charge in [-0.1, -0.05) is 43.3 Å². The molecule has 2 aromatic carbocycles. The molecule has 0 bridgehead atoms. The lowest BCUT2D eigenvalue weighted by atomic mass is 10.1. The van der Waals surface area contributed by atoms with Gasteiger partial charge in [0.05, 0.1) is 4.90 Å². The summed E-state index contributed by atoms with van der Waals surface area (Å²) in [6, 6.07) is 14.5. The molecule has 21 heavy (non-hydrogen) atoms.